The molecule has 0 spiro atoms. The minimum atomic E-state index is 0.949. The molecule has 0 saturated carbocycles. The Hall–Kier alpha value is -0.0400. The van der Waals surface area contributed by atoms with Crippen LogP contribution in [0.5, 0.6) is 0 Å². The summed E-state index contributed by atoms with van der Waals surface area (Å²) in [6.07, 6.45) is 2.65. The van der Waals surface area contributed by atoms with Crippen molar-refractivity contribution in [2.75, 3.05) is 13.1 Å². The zero-order chi connectivity index (χ0) is 6.69. The highest BCUT2D eigenvalue weighted by Crippen LogP contribution is 2.21. The van der Waals surface area contributed by atoms with E-state index in [0.29, 0.717) is 0 Å². The summed E-state index contributed by atoms with van der Waals surface area (Å²) in [6, 6.07) is 0. The van der Waals surface area contributed by atoms with E-state index in [-0.39, 0.29) is 0 Å². The topological polar surface area (TPSA) is 3.24 Å². The molecule has 0 aromatic carbocycles. The maximum atomic E-state index is 2.41. The van der Waals surface area contributed by atoms with E-state index in [0.717, 1.165) is 5.92 Å². The molecule has 1 radical (unpaired) electrons. The summed E-state index contributed by atoms with van der Waals surface area (Å²) in [7, 11) is 0. The van der Waals surface area contributed by atoms with Gasteiger partial charge in [0.25, 0.3) is 0 Å². The normalized spacial score (nSPS) is 29.3. The monoisotopic (exact) mass is 126 g/mol. The van der Waals surface area contributed by atoms with Gasteiger partial charge in [0, 0.05) is 13.1 Å². The molecule has 1 atom stereocenters. The summed E-state index contributed by atoms with van der Waals surface area (Å²) in [6.45, 7) is 9.32. The molecule has 1 heteroatoms. The van der Waals surface area contributed by atoms with Gasteiger partial charge in [-0.1, -0.05) is 20.3 Å². The van der Waals surface area contributed by atoms with Crippen LogP contribution < -0.4 is 0 Å². The molecule has 1 aliphatic heterocycles. The highest BCUT2D eigenvalue weighted by Gasteiger charge is 2.18. The Morgan fingerprint density at radius 1 is 1.56 bits per heavy atom. The standard InChI is InChI=1S/C8H16N/c1-3-8-5-6-9(4-2)7-8/h6,8H,3-5,7H2,1-2H3. The first-order chi connectivity index (χ1) is 4.36. The van der Waals surface area contributed by atoms with Gasteiger partial charge in [-0.2, -0.15) is 0 Å². The molecule has 0 amide bonds. The average molecular weight is 126 g/mol. The molecule has 53 valence electrons. The van der Waals surface area contributed by atoms with Crippen LogP contribution in [-0.4, -0.2) is 18.0 Å². The Bertz CT molecular complexity index is 70.6. The molecule has 0 aromatic rings. The van der Waals surface area contributed by atoms with Gasteiger partial charge in [-0.15, -0.1) is 0 Å². The fourth-order valence-corrected chi connectivity index (χ4v) is 1.33. The lowest BCUT2D eigenvalue weighted by Gasteiger charge is -2.10. The van der Waals surface area contributed by atoms with Crippen LogP contribution in [0.1, 0.15) is 26.7 Å². The van der Waals surface area contributed by atoms with E-state index in [1.807, 2.05) is 0 Å². The van der Waals surface area contributed by atoms with E-state index in [1.54, 1.807) is 0 Å². The third-order valence-corrected chi connectivity index (χ3v) is 2.17. The summed E-state index contributed by atoms with van der Waals surface area (Å²) < 4.78 is 0. The van der Waals surface area contributed by atoms with Gasteiger partial charge in [0.05, 0.1) is 0 Å². The van der Waals surface area contributed by atoms with Crippen molar-refractivity contribution in [3.63, 3.8) is 0 Å². The Morgan fingerprint density at radius 3 is 2.67 bits per heavy atom. The highest BCUT2D eigenvalue weighted by atomic mass is 15.1. The lowest BCUT2D eigenvalue weighted by Crippen LogP contribution is -2.16. The number of hydrogen-bond acceptors (Lipinski definition) is 1. The molecule has 0 aromatic heterocycles. The van der Waals surface area contributed by atoms with Crippen molar-refractivity contribution < 1.29 is 0 Å². The molecule has 0 aliphatic carbocycles. The van der Waals surface area contributed by atoms with Crippen molar-refractivity contribution in [3.05, 3.63) is 6.54 Å². The molecule has 1 fully saturated rings. The molecular formula is C8H16N. The van der Waals surface area contributed by atoms with Crippen LogP contribution in [0.25, 0.3) is 0 Å². The van der Waals surface area contributed by atoms with Crippen LogP contribution in [0.2, 0.25) is 0 Å². The predicted molar refractivity (Wildman–Crippen MR) is 39.9 cm³/mol. The summed E-state index contributed by atoms with van der Waals surface area (Å²) >= 11 is 0. The minimum Gasteiger partial charge on any atom is -0.299 e. The first-order valence-corrected chi connectivity index (χ1v) is 3.94. The molecule has 1 aliphatic rings. The second kappa shape index (κ2) is 3.21. The Morgan fingerprint density at radius 2 is 2.33 bits per heavy atom. The first kappa shape index (κ1) is 7.07. The van der Waals surface area contributed by atoms with Crippen molar-refractivity contribution in [1.82, 2.24) is 4.90 Å². The molecule has 1 nitrogen and oxygen atoms in total. The molecule has 0 bridgehead atoms. The fraction of sp³-hybridized carbons (Fsp3) is 0.875. The predicted octanol–water partition coefficient (Wildman–Crippen LogP) is 1.90. The van der Waals surface area contributed by atoms with Crippen molar-refractivity contribution in [3.8, 4) is 0 Å². The van der Waals surface area contributed by atoms with Gasteiger partial charge in [0.15, 0.2) is 0 Å². The summed E-state index contributed by atoms with van der Waals surface area (Å²) in [5, 5.41) is 0. The van der Waals surface area contributed by atoms with Crippen molar-refractivity contribution in [1.29, 1.82) is 0 Å². The van der Waals surface area contributed by atoms with Gasteiger partial charge in [0.2, 0.25) is 0 Å². The molecule has 0 N–H and O–H groups in total. The molecule has 9 heavy (non-hydrogen) atoms. The van der Waals surface area contributed by atoms with Crippen LogP contribution in [0.4, 0.5) is 0 Å². The Balaban J connectivity index is 2.20. The molecule has 1 heterocycles. The lowest BCUT2D eigenvalue weighted by molar-refractivity contribution is 0.374. The third kappa shape index (κ3) is 1.68. The number of nitrogens with zero attached hydrogens (tertiary/aromatic N) is 1. The smallest absolute Gasteiger partial charge is 0.0254 e. The number of likely N-dealkylation sites (tertiary alicyclic amines) is 1. The second-order valence-electron chi connectivity index (χ2n) is 2.78. The zero-order valence-corrected chi connectivity index (χ0v) is 6.43. The molecule has 1 saturated heterocycles. The molecule has 1 unspecified atom stereocenters. The maximum Gasteiger partial charge on any atom is 0.0254 e. The summed E-state index contributed by atoms with van der Waals surface area (Å²) in [5.41, 5.74) is 0. The average Bonchev–Trinajstić information content (AvgIpc) is 2.34. The van der Waals surface area contributed by atoms with Gasteiger partial charge in [-0.25, -0.2) is 0 Å². The van der Waals surface area contributed by atoms with Crippen LogP contribution in [0, 0.1) is 12.5 Å². The van der Waals surface area contributed by atoms with E-state index in [4.69, 9.17) is 0 Å². The maximum absolute atomic E-state index is 2.41. The van der Waals surface area contributed by atoms with Crippen LogP contribution in [0.3, 0.4) is 0 Å². The van der Waals surface area contributed by atoms with E-state index in [2.05, 4.69) is 25.3 Å². The summed E-state index contributed by atoms with van der Waals surface area (Å²) in [5.74, 6) is 0.949. The molecular weight excluding hydrogens is 110 g/mol. The lowest BCUT2D eigenvalue weighted by atomic mass is 10.1. The van der Waals surface area contributed by atoms with E-state index >= 15 is 0 Å². The Kier molecular flexibility index (Phi) is 2.52. The fourth-order valence-electron chi connectivity index (χ4n) is 1.33. The van der Waals surface area contributed by atoms with E-state index < -0.39 is 0 Å². The van der Waals surface area contributed by atoms with Crippen LogP contribution >= 0.6 is 0 Å². The largest absolute Gasteiger partial charge is 0.299 e. The van der Waals surface area contributed by atoms with E-state index in [9.17, 15) is 0 Å². The quantitative estimate of drug-likeness (QED) is 0.546. The summed E-state index contributed by atoms with van der Waals surface area (Å²) in [4.78, 5) is 2.41. The number of hydrogen-bond donors (Lipinski definition) is 0. The third-order valence-electron chi connectivity index (χ3n) is 2.17. The Labute approximate surface area is 58.0 Å². The zero-order valence-electron chi connectivity index (χ0n) is 6.43. The van der Waals surface area contributed by atoms with Gasteiger partial charge in [0.1, 0.15) is 0 Å². The van der Waals surface area contributed by atoms with Gasteiger partial charge in [-0.05, 0) is 18.9 Å². The van der Waals surface area contributed by atoms with Crippen molar-refractivity contribution in [2.24, 2.45) is 5.92 Å². The van der Waals surface area contributed by atoms with Crippen LogP contribution in [-0.2, 0) is 0 Å². The number of rotatable bonds is 2. The van der Waals surface area contributed by atoms with Crippen molar-refractivity contribution in [2.45, 2.75) is 26.7 Å². The van der Waals surface area contributed by atoms with Crippen molar-refractivity contribution >= 4 is 0 Å². The van der Waals surface area contributed by atoms with Gasteiger partial charge in [-0.3, -0.25) is 4.90 Å². The second-order valence-corrected chi connectivity index (χ2v) is 2.78. The van der Waals surface area contributed by atoms with Gasteiger partial charge >= 0.3 is 0 Å². The first-order valence-electron chi connectivity index (χ1n) is 3.94. The SMILES string of the molecule is CCC1C[CH]N(CC)C1. The molecule has 1 rings (SSSR count). The minimum absolute atomic E-state index is 0.949. The van der Waals surface area contributed by atoms with E-state index in [1.165, 1.54) is 25.9 Å². The highest BCUT2D eigenvalue weighted by molar-refractivity contribution is 4.82. The van der Waals surface area contributed by atoms with Crippen LogP contribution in [0.15, 0.2) is 0 Å². The van der Waals surface area contributed by atoms with Gasteiger partial charge < -0.3 is 0 Å².